The van der Waals surface area contributed by atoms with E-state index in [-0.39, 0.29) is 5.91 Å². The van der Waals surface area contributed by atoms with Gasteiger partial charge in [-0.3, -0.25) is 4.79 Å². The van der Waals surface area contributed by atoms with Crippen LogP contribution in [0.25, 0.3) is 0 Å². The first-order valence-electron chi connectivity index (χ1n) is 6.53. The van der Waals surface area contributed by atoms with Crippen molar-refractivity contribution in [1.82, 2.24) is 0 Å². The molecule has 0 unspecified atom stereocenters. The van der Waals surface area contributed by atoms with Gasteiger partial charge in [-0.05, 0) is 71.0 Å². The van der Waals surface area contributed by atoms with Gasteiger partial charge in [-0.2, -0.15) is 0 Å². The van der Waals surface area contributed by atoms with Crippen LogP contribution in [-0.4, -0.2) is 11.7 Å². The highest BCUT2D eigenvalue weighted by Gasteiger charge is 2.06. The molecule has 2 aromatic carbocycles. The van der Waals surface area contributed by atoms with Crippen molar-refractivity contribution in [2.75, 3.05) is 11.1 Å². The Bertz CT molecular complexity index is 694. The number of rotatable bonds is 5. The highest BCUT2D eigenvalue weighted by molar-refractivity contribution is 14.1. The number of carbonyl (C=O) groups excluding carboxylic acids is 1. The van der Waals surface area contributed by atoms with E-state index in [9.17, 15) is 4.79 Å². The molecule has 0 heterocycles. The lowest BCUT2D eigenvalue weighted by atomic mass is 10.2. The Hall–Kier alpha value is -0.430. The second kappa shape index (κ2) is 8.43. The van der Waals surface area contributed by atoms with E-state index >= 15 is 0 Å². The summed E-state index contributed by atoms with van der Waals surface area (Å²) in [6.07, 6.45) is 0. The van der Waals surface area contributed by atoms with E-state index in [1.54, 1.807) is 17.8 Å². The molecule has 0 aromatic heterocycles. The fourth-order valence-electron chi connectivity index (χ4n) is 1.84. The summed E-state index contributed by atoms with van der Waals surface area (Å²) in [5.74, 6) is 1.11. The minimum atomic E-state index is -0.00521. The van der Waals surface area contributed by atoms with Crippen LogP contribution in [0, 0.1) is 10.5 Å². The van der Waals surface area contributed by atoms with Crippen LogP contribution in [0.4, 0.5) is 5.69 Å². The predicted molar refractivity (Wildman–Crippen MR) is 105 cm³/mol. The van der Waals surface area contributed by atoms with Crippen LogP contribution in [0.1, 0.15) is 11.1 Å². The molecular weight excluding hydrogens is 452 g/mol. The molecule has 0 aliphatic heterocycles. The zero-order valence-corrected chi connectivity index (χ0v) is 16.3. The molecule has 0 bridgehead atoms. The maximum Gasteiger partial charge on any atom is 0.234 e. The van der Waals surface area contributed by atoms with Crippen LogP contribution in [0.5, 0.6) is 0 Å². The molecule has 0 saturated heterocycles. The molecule has 2 rings (SSSR count). The van der Waals surface area contributed by atoms with Gasteiger partial charge in [0.05, 0.1) is 15.8 Å². The third kappa shape index (κ3) is 5.33. The lowest BCUT2D eigenvalue weighted by molar-refractivity contribution is -0.113. The average molecular weight is 466 g/mol. The van der Waals surface area contributed by atoms with Crippen LogP contribution in [0.2, 0.25) is 10.0 Å². The van der Waals surface area contributed by atoms with Crippen molar-refractivity contribution < 1.29 is 4.79 Å². The minimum Gasteiger partial charge on any atom is -0.325 e. The monoisotopic (exact) mass is 465 g/mol. The number of nitrogens with one attached hydrogen (secondary N) is 1. The topological polar surface area (TPSA) is 29.1 Å². The largest absolute Gasteiger partial charge is 0.325 e. The van der Waals surface area contributed by atoms with Crippen molar-refractivity contribution in [3.63, 3.8) is 0 Å². The SMILES string of the molecule is Cc1cc(I)ccc1NC(=O)CSCc1ccc(Cl)c(Cl)c1. The van der Waals surface area contributed by atoms with Crippen LogP contribution in [-0.2, 0) is 10.5 Å². The molecule has 0 fully saturated rings. The van der Waals surface area contributed by atoms with Crippen molar-refractivity contribution in [2.24, 2.45) is 0 Å². The lowest BCUT2D eigenvalue weighted by Gasteiger charge is -2.09. The third-order valence-corrected chi connectivity index (χ3v) is 5.36. The highest BCUT2D eigenvalue weighted by atomic mass is 127. The van der Waals surface area contributed by atoms with Gasteiger partial charge in [-0.1, -0.05) is 29.3 Å². The van der Waals surface area contributed by atoms with Gasteiger partial charge < -0.3 is 5.32 Å². The highest BCUT2D eigenvalue weighted by Crippen LogP contribution is 2.25. The third-order valence-electron chi connectivity index (χ3n) is 2.95. The number of amides is 1. The van der Waals surface area contributed by atoms with E-state index in [0.717, 1.165) is 26.1 Å². The summed E-state index contributed by atoms with van der Waals surface area (Å²) in [5, 5.41) is 4.02. The predicted octanol–water partition coefficient (Wildman–Crippen LogP) is 5.78. The summed E-state index contributed by atoms with van der Waals surface area (Å²) < 4.78 is 1.15. The van der Waals surface area contributed by atoms with E-state index in [0.29, 0.717) is 15.8 Å². The Morgan fingerprint density at radius 3 is 2.64 bits per heavy atom. The summed E-state index contributed by atoms with van der Waals surface area (Å²) in [4.78, 5) is 12.0. The molecule has 0 aliphatic rings. The zero-order valence-electron chi connectivity index (χ0n) is 11.8. The summed E-state index contributed by atoms with van der Waals surface area (Å²) in [6.45, 7) is 1.99. The second-order valence-electron chi connectivity index (χ2n) is 4.75. The molecule has 0 spiro atoms. The summed E-state index contributed by atoms with van der Waals surface area (Å²) in [7, 11) is 0. The minimum absolute atomic E-state index is 0.00521. The molecule has 2 nitrogen and oxygen atoms in total. The van der Waals surface area contributed by atoms with Crippen molar-refractivity contribution >= 4 is 69.1 Å². The van der Waals surface area contributed by atoms with Crippen molar-refractivity contribution in [2.45, 2.75) is 12.7 Å². The van der Waals surface area contributed by atoms with Gasteiger partial charge in [-0.15, -0.1) is 11.8 Å². The Morgan fingerprint density at radius 2 is 1.95 bits per heavy atom. The summed E-state index contributed by atoms with van der Waals surface area (Å²) in [5.41, 5.74) is 2.98. The Labute approximate surface area is 158 Å². The maximum atomic E-state index is 12.0. The number of hydrogen-bond acceptors (Lipinski definition) is 2. The fraction of sp³-hybridized carbons (Fsp3) is 0.188. The molecule has 0 atom stereocenters. The number of hydrogen-bond donors (Lipinski definition) is 1. The van der Waals surface area contributed by atoms with E-state index in [4.69, 9.17) is 23.2 Å². The fourth-order valence-corrected chi connectivity index (χ4v) is 3.59. The van der Waals surface area contributed by atoms with Crippen LogP contribution >= 0.6 is 57.6 Å². The van der Waals surface area contributed by atoms with Crippen molar-refractivity contribution in [3.8, 4) is 0 Å². The first kappa shape index (κ1) is 17.9. The summed E-state index contributed by atoms with van der Waals surface area (Å²) >= 11 is 15.6. The normalized spacial score (nSPS) is 10.5. The van der Waals surface area contributed by atoms with E-state index in [1.165, 1.54) is 0 Å². The van der Waals surface area contributed by atoms with E-state index < -0.39 is 0 Å². The first-order valence-corrected chi connectivity index (χ1v) is 9.52. The molecule has 1 N–H and O–H groups in total. The summed E-state index contributed by atoms with van der Waals surface area (Å²) in [6, 6.07) is 11.5. The Morgan fingerprint density at radius 1 is 1.18 bits per heavy atom. The number of thioether (sulfide) groups is 1. The van der Waals surface area contributed by atoms with Crippen LogP contribution < -0.4 is 5.32 Å². The molecule has 0 saturated carbocycles. The molecule has 0 aliphatic carbocycles. The van der Waals surface area contributed by atoms with Gasteiger partial charge in [0.2, 0.25) is 5.91 Å². The molecule has 116 valence electrons. The molecule has 6 heteroatoms. The van der Waals surface area contributed by atoms with Gasteiger partial charge in [-0.25, -0.2) is 0 Å². The van der Waals surface area contributed by atoms with Gasteiger partial charge in [0.1, 0.15) is 0 Å². The average Bonchev–Trinajstić information content (AvgIpc) is 2.46. The Balaban J connectivity index is 1.83. The van der Waals surface area contributed by atoms with E-state index in [1.807, 2.05) is 37.3 Å². The van der Waals surface area contributed by atoms with Gasteiger partial charge in [0, 0.05) is 15.0 Å². The van der Waals surface area contributed by atoms with Gasteiger partial charge in [0.25, 0.3) is 0 Å². The molecule has 2 aromatic rings. The molecule has 22 heavy (non-hydrogen) atoms. The van der Waals surface area contributed by atoms with Crippen molar-refractivity contribution in [1.29, 1.82) is 0 Å². The molecule has 0 radical (unpaired) electrons. The number of halogens is 3. The number of benzene rings is 2. The van der Waals surface area contributed by atoms with Crippen LogP contribution in [0.15, 0.2) is 36.4 Å². The van der Waals surface area contributed by atoms with Crippen LogP contribution in [0.3, 0.4) is 0 Å². The maximum absolute atomic E-state index is 12.0. The lowest BCUT2D eigenvalue weighted by Crippen LogP contribution is -2.15. The standard InChI is InChI=1S/C16H14Cl2INOS/c1-10-6-12(19)3-5-15(10)20-16(21)9-22-8-11-2-4-13(17)14(18)7-11/h2-7H,8-9H2,1H3,(H,20,21). The number of carbonyl (C=O) groups is 1. The molecule has 1 amide bonds. The Kier molecular flexibility index (Phi) is 6.87. The molecular formula is C16H14Cl2INOS. The van der Waals surface area contributed by atoms with Gasteiger partial charge in [0.15, 0.2) is 0 Å². The number of aryl methyl sites for hydroxylation is 1. The van der Waals surface area contributed by atoms with E-state index in [2.05, 4.69) is 27.9 Å². The smallest absolute Gasteiger partial charge is 0.234 e. The quantitative estimate of drug-likeness (QED) is 0.567. The number of anilines is 1. The van der Waals surface area contributed by atoms with Gasteiger partial charge >= 0.3 is 0 Å². The zero-order chi connectivity index (χ0) is 16.1. The second-order valence-corrected chi connectivity index (χ2v) is 7.79. The first-order chi connectivity index (χ1) is 10.5. The van der Waals surface area contributed by atoms with Crippen molar-refractivity contribution in [3.05, 3.63) is 61.1 Å².